The van der Waals surface area contributed by atoms with Crippen LogP contribution in [-0.4, -0.2) is 0 Å². The van der Waals surface area contributed by atoms with Crippen molar-refractivity contribution in [1.82, 2.24) is 0 Å². The molecule has 0 bridgehead atoms. The molecule has 0 saturated heterocycles. The van der Waals surface area contributed by atoms with E-state index < -0.39 is 0 Å². The highest BCUT2D eigenvalue weighted by molar-refractivity contribution is 5.64. The molecule has 0 nitrogen and oxygen atoms in total. The van der Waals surface area contributed by atoms with E-state index >= 15 is 0 Å². The van der Waals surface area contributed by atoms with Crippen LogP contribution in [0.4, 0.5) is 0 Å². The topological polar surface area (TPSA) is 0 Å². The maximum absolute atomic E-state index is 2.27. The average Bonchev–Trinajstić information content (AvgIpc) is 2.71. The van der Waals surface area contributed by atoms with Gasteiger partial charge in [-0.1, -0.05) is 108 Å². The van der Waals surface area contributed by atoms with Crippen LogP contribution < -0.4 is 0 Å². The van der Waals surface area contributed by atoms with Gasteiger partial charge in [-0.05, 0) is 60.1 Å². The van der Waals surface area contributed by atoms with Crippen molar-refractivity contribution in [2.45, 2.75) is 26.7 Å². The van der Waals surface area contributed by atoms with Gasteiger partial charge in [-0.2, -0.15) is 0 Å². The summed E-state index contributed by atoms with van der Waals surface area (Å²) >= 11 is 0. The van der Waals surface area contributed by atoms with E-state index in [-0.39, 0.29) is 0 Å². The molecule has 0 N–H and O–H groups in total. The number of aryl methyl sites for hydroxylation is 2. The summed E-state index contributed by atoms with van der Waals surface area (Å²) in [5.74, 6) is 0. The van der Waals surface area contributed by atoms with E-state index in [9.17, 15) is 0 Å². The van der Waals surface area contributed by atoms with Crippen molar-refractivity contribution in [1.29, 1.82) is 0 Å². The van der Waals surface area contributed by atoms with Crippen molar-refractivity contribution in [2.24, 2.45) is 0 Å². The standard InChI is InChI=1S/C28H26/c1-21-6-14-27(15-7-21)28-16-12-25(13-17-28)19-23-8-10-24(11-9-23)20-26-5-3-4-22(2)18-26/h3-18H,19-20H2,1-2H3. The monoisotopic (exact) mass is 362 g/mol. The van der Waals surface area contributed by atoms with Crippen LogP contribution in [0.15, 0.2) is 97.1 Å². The Kier molecular flexibility index (Phi) is 5.39. The minimum Gasteiger partial charge on any atom is -0.0617 e. The number of hydrogen-bond donors (Lipinski definition) is 0. The molecule has 0 fully saturated rings. The number of hydrogen-bond acceptors (Lipinski definition) is 0. The highest BCUT2D eigenvalue weighted by atomic mass is 14.1. The van der Waals surface area contributed by atoms with Gasteiger partial charge in [0.25, 0.3) is 0 Å². The minimum atomic E-state index is 0.971. The predicted molar refractivity (Wildman–Crippen MR) is 120 cm³/mol. The van der Waals surface area contributed by atoms with Crippen LogP contribution in [0, 0.1) is 13.8 Å². The zero-order valence-corrected chi connectivity index (χ0v) is 16.7. The molecular weight excluding hydrogens is 336 g/mol. The quantitative estimate of drug-likeness (QED) is 0.353. The molecule has 0 aliphatic carbocycles. The summed E-state index contributed by atoms with van der Waals surface area (Å²) in [7, 11) is 0. The minimum absolute atomic E-state index is 0.971. The van der Waals surface area contributed by atoms with Crippen LogP contribution in [0.2, 0.25) is 0 Å². The fraction of sp³-hybridized carbons (Fsp3) is 0.143. The third kappa shape index (κ3) is 4.58. The Hall–Kier alpha value is -3.12. The lowest BCUT2D eigenvalue weighted by molar-refractivity contribution is 1.15. The average molecular weight is 363 g/mol. The Labute approximate surface area is 168 Å². The van der Waals surface area contributed by atoms with Crippen LogP contribution in [0.3, 0.4) is 0 Å². The maximum Gasteiger partial charge on any atom is -0.00257 e. The molecule has 4 aromatic rings. The van der Waals surface area contributed by atoms with Crippen molar-refractivity contribution >= 4 is 0 Å². The first-order chi connectivity index (χ1) is 13.7. The number of benzene rings is 4. The van der Waals surface area contributed by atoms with Crippen molar-refractivity contribution in [2.75, 3.05) is 0 Å². The van der Waals surface area contributed by atoms with E-state index in [4.69, 9.17) is 0 Å². The van der Waals surface area contributed by atoms with E-state index in [1.165, 1.54) is 44.5 Å². The van der Waals surface area contributed by atoms with E-state index in [1.807, 2.05) is 0 Å². The van der Waals surface area contributed by atoms with Gasteiger partial charge in [-0.3, -0.25) is 0 Å². The van der Waals surface area contributed by atoms with Gasteiger partial charge in [-0.15, -0.1) is 0 Å². The van der Waals surface area contributed by atoms with Crippen LogP contribution in [0.25, 0.3) is 11.1 Å². The summed E-state index contributed by atoms with van der Waals surface area (Å²) in [6, 6.07) is 35.5. The summed E-state index contributed by atoms with van der Waals surface area (Å²) in [4.78, 5) is 0. The second-order valence-corrected chi connectivity index (χ2v) is 7.72. The van der Waals surface area contributed by atoms with Gasteiger partial charge in [0.15, 0.2) is 0 Å². The van der Waals surface area contributed by atoms with E-state index in [0.29, 0.717) is 0 Å². The lowest BCUT2D eigenvalue weighted by Gasteiger charge is -2.07. The van der Waals surface area contributed by atoms with Crippen LogP contribution in [0.5, 0.6) is 0 Å². The van der Waals surface area contributed by atoms with Crippen molar-refractivity contribution in [3.05, 3.63) is 130 Å². The molecule has 0 unspecified atom stereocenters. The first-order valence-electron chi connectivity index (χ1n) is 9.95. The second-order valence-electron chi connectivity index (χ2n) is 7.72. The SMILES string of the molecule is Cc1ccc(-c2ccc(Cc3ccc(Cc4cccc(C)c4)cc3)cc2)cc1. The van der Waals surface area contributed by atoms with Gasteiger partial charge < -0.3 is 0 Å². The molecule has 0 heteroatoms. The van der Waals surface area contributed by atoms with Gasteiger partial charge >= 0.3 is 0 Å². The van der Waals surface area contributed by atoms with Gasteiger partial charge in [-0.25, -0.2) is 0 Å². The molecule has 4 rings (SSSR count). The first-order valence-corrected chi connectivity index (χ1v) is 9.95. The third-order valence-electron chi connectivity index (χ3n) is 5.26. The van der Waals surface area contributed by atoms with Crippen LogP contribution in [0.1, 0.15) is 33.4 Å². The molecule has 4 aromatic carbocycles. The smallest absolute Gasteiger partial charge is 0.00257 e. The van der Waals surface area contributed by atoms with Crippen LogP contribution >= 0.6 is 0 Å². The molecule has 0 spiro atoms. The highest BCUT2D eigenvalue weighted by Crippen LogP contribution is 2.21. The Bertz CT molecular complexity index is 1040. The summed E-state index contributed by atoms with van der Waals surface area (Å²) in [5, 5.41) is 0. The molecular formula is C28H26. The Balaban J connectivity index is 1.42. The van der Waals surface area contributed by atoms with E-state index in [0.717, 1.165) is 12.8 Å². The van der Waals surface area contributed by atoms with Gasteiger partial charge in [0.1, 0.15) is 0 Å². The highest BCUT2D eigenvalue weighted by Gasteiger charge is 2.02. The molecule has 0 atom stereocenters. The second kappa shape index (κ2) is 8.27. The molecule has 0 radical (unpaired) electrons. The molecule has 28 heavy (non-hydrogen) atoms. The summed E-state index contributed by atoms with van der Waals surface area (Å²) in [5.41, 5.74) is 10.6. The molecule has 0 aromatic heterocycles. The van der Waals surface area contributed by atoms with Gasteiger partial charge in [0.2, 0.25) is 0 Å². The normalized spacial score (nSPS) is 10.8. The Morgan fingerprint density at radius 2 is 0.893 bits per heavy atom. The van der Waals surface area contributed by atoms with Gasteiger partial charge in [0, 0.05) is 0 Å². The largest absolute Gasteiger partial charge is 0.0617 e. The third-order valence-corrected chi connectivity index (χ3v) is 5.26. The molecule has 0 amide bonds. The molecule has 138 valence electrons. The predicted octanol–water partition coefficient (Wildman–Crippen LogP) is 7.15. The summed E-state index contributed by atoms with van der Waals surface area (Å²) in [6.45, 7) is 4.27. The summed E-state index contributed by atoms with van der Waals surface area (Å²) < 4.78 is 0. The van der Waals surface area contributed by atoms with Crippen molar-refractivity contribution < 1.29 is 0 Å². The fourth-order valence-corrected chi connectivity index (χ4v) is 3.63. The fourth-order valence-electron chi connectivity index (χ4n) is 3.63. The van der Waals surface area contributed by atoms with E-state index in [2.05, 4.69) is 111 Å². The maximum atomic E-state index is 2.27. The van der Waals surface area contributed by atoms with Crippen molar-refractivity contribution in [3.63, 3.8) is 0 Å². The van der Waals surface area contributed by atoms with Gasteiger partial charge in [0.05, 0.1) is 0 Å². The lowest BCUT2D eigenvalue weighted by Crippen LogP contribution is -1.92. The van der Waals surface area contributed by atoms with Crippen LogP contribution in [-0.2, 0) is 12.8 Å². The Morgan fingerprint density at radius 3 is 1.43 bits per heavy atom. The summed E-state index contributed by atoms with van der Waals surface area (Å²) in [6.07, 6.45) is 1.96. The molecule has 0 aliphatic rings. The van der Waals surface area contributed by atoms with Crippen molar-refractivity contribution in [3.8, 4) is 11.1 Å². The zero-order chi connectivity index (χ0) is 19.3. The molecule has 0 saturated carbocycles. The number of rotatable bonds is 5. The van der Waals surface area contributed by atoms with E-state index in [1.54, 1.807) is 0 Å². The molecule has 0 heterocycles. The first kappa shape index (κ1) is 18.3. The molecule has 0 aliphatic heterocycles. The lowest BCUT2D eigenvalue weighted by atomic mass is 9.98. The zero-order valence-electron chi connectivity index (χ0n) is 16.7. The Morgan fingerprint density at radius 1 is 0.429 bits per heavy atom.